The summed E-state index contributed by atoms with van der Waals surface area (Å²) >= 11 is 3.32. The van der Waals surface area contributed by atoms with Crippen LogP contribution in [0.5, 0.6) is 0 Å². The fourth-order valence-corrected chi connectivity index (χ4v) is 8.17. The number of rotatable bonds is 6. The average molecular weight is 527 g/mol. The molecule has 0 spiro atoms. The molecule has 7 nitrogen and oxygen atoms in total. The van der Waals surface area contributed by atoms with Crippen molar-refractivity contribution in [2.24, 2.45) is 28.6 Å². The Labute approximate surface area is 203 Å². The second kappa shape index (κ2) is 8.85. The summed E-state index contributed by atoms with van der Waals surface area (Å²) in [5, 5.41) is 33.1. The Morgan fingerprint density at radius 2 is 2.00 bits per heavy atom. The molecule has 4 rings (SSSR count). The van der Waals surface area contributed by atoms with Crippen LogP contribution in [0.3, 0.4) is 0 Å². The summed E-state index contributed by atoms with van der Waals surface area (Å²) in [6.45, 7) is 3.16. The van der Waals surface area contributed by atoms with E-state index in [-0.39, 0.29) is 55.2 Å². The number of aliphatic hydroxyl groups excluding tert-OH is 2. The van der Waals surface area contributed by atoms with Crippen molar-refractivity contribution in [1.82, 2.24) is 0 Å². The first-order valence-electron chi connectivity index (χ1n) is 12.1. The van der Waals surface area contributed by atoms with Gasteiger partial charge in [-0.25, -0.2) is 0 Å². The topological polar surface area (TPSA) is 121 Å². The van der Waals surface area contributed by atoms with Crippen molar-refractivity contribution in [3.63, 3.8) is 0 Å². The molecule has 33 heavy (non-hydrogen) atoms. The number of esters is 1. The lowest BCUT2D eigenvalue weighted by Gasteiger charge is -2.61. The van der Waals surface area contributed by atoms with Gasteiger partial charge in [0.2, 0.25) is 0 Å². The Hall–Kier alpha value is -1.09. The molecule has 0 radical (unpaired) electrons. The summed E-state index contributed by atoms with van der Waals surface area (Å²) in [4.78, 5) is 37.6. The Bertz CT molecular complexity index is 871. The van der Waals surface area contributed by atoms with Crippen molar-refractivity contribution in [3.8, 4) is 0 Å². The van der Waals surface area contributed by atoms with Gasteiger partial charge in [-0.2, -0.15) is 0 Å². The lowest BCUT2D eigenvalue weighted by molar-refractivity contribution is -0.197. The third-order valence-corrected chi connectivity index (χ3v) is 10.1. The summed E-state index contributed by atoms with van der Waals surface area (Å²) < 4.78 is 5.90. The third kappa shape index (κ3) is 3.67. The first-order chi connectivity index (χ1) is 15.5. The largest absolute Gasteiger partial charge is 0.461 e. The fourth-order valence-electron chi connectivity index (χ4n) is 7.89. The van der Waals surface area contributed by atoms with E-state index in [9.17, 15) is 29.7 Å². The first-order valence-corrected chi connectivity index (χ1v) is 13.2. The third-order valence-electron chi connectivity index (χ3n) is 9.52. The molecule has 4 aliphatic carbocycles. The molecule has 184 valence electrons. The zero-order chi connectivity index (χ0) is 24.2. The van der Waals surface area contributed by atoms with Crippen LogP contribution >= 0.6 is 15.9 Å². The van der Waals surface area contributed by atoms with Gasteiger partial charge in [-0.15, -0.1) is 0 Å². The second-order valence-corrected chi connectivity index (χ2v) is 11.7. The summed E-state index contributed by atoms with van der Waals surface area (Å²) in [6.07, 6.45) is 3.74. The van der Waals surface area contributed by atoms with E-state index >= 15 is 0 Å². The van der Waals surface area contributed by atoms with Crippen molar-refractivity contribution in [1.29, 1.82) is 0 Å². The van der Waals surface area contributed by atoms with E-state index in [2.05, 4.69) is 15.9 Å². The quantitative estimate of drug-likeness (QED) is 0.359. The number of Topliss-reactive ketones (excluding diaryl/α,β-unsaturated/α-hetero) is 1. The van der Waals surface area contributed by atoms with Crippen LogP contribution in [0.2, 0.25) is 0 Å². The normalized spacial score (nSPS) is 44.4. The number of aliphatic hydroxyl groups is 3. The summed E-state index contributed by atoms with van der Waals surface area (Å²) in [7, 11) is 0. The van der Waals surface area contributed by atoms with E-state index in [0.29, 0.717) is 24.6 Å². The van der Waals surface area contributed by atoms with Crippen LogP contribution in [-0.4, -0.2) is 62.6 Å². The van der Waals surface area contributed by atoms with Gasteiger partial charge in [-0.05, 0) is 56.4 Å². The fraction of sp³-hybridized carbons (Fsp3) is 0.800. The summed E-state index contributed by atoms with van der Waals surface area (Å²) in [5.74, 6) is -1.22. The number of hydrogen-bond acceptors (Lipinski definition) is 7. The van der Waals surface area contributed by atoms with Crippen LogP contribution in [-0.2, 0) is 19.1 Å². The van der Waals surface area contributed by atoms with Crippen LogP contribution in [0.4, 0.5) is 0 Å². The maximum atomic E-state index is 12.6. The predicted octanol–water partition coefficient (Wildman–Crippen LogP) is 2.48. The van der Waals surface area contributed by atoms with Gasteiger partial charge >= 0.3 is 5.97 Å². The lowest BCUT2D eigenvalue weighted by atomic mass is 9.44. The number of fused-ring (bicyclic) bond motifs is 5. The molecule has 0 heterocycles. The van der Waals surface area contributed by atoms with Crippen molar-refractivity contribution in [2.75, 3.05) is 11.9 Å². The van der Waals surface area contributed by atoms with Crippen LogP contribution in [0, 0.1) is 28.6 Å². The van der Waals surface area contributed by atoms with E-state index in [1.165, 1.54) is 0 Å². The van der Waals surface area contributed by atoms with Gasteiger partial charge in [0.15, 0.2) is 11.6 Å². The van der Waals surface area contributed by atoms with Crippen LogP contribution in [0.25, 0.3) is 0 Å². The minimum Gasteiger partial charge on any atom is -0.461 e. The Kier molecular flexibility index (Phi) is 6.71. The number of hydrogen-bond donors (Lipinski definition) is 3. The van der Waals surface area contributed by atoms with E-state index in [1.54, 1.807) is 6.08 Å². The monoisotopic (exact) mass is 526 g/mol. The van der Waals surface area contributed by atoms with E-state index in [4.69, 9.17) is 4.74 Å². The molecular weight excluding hydrogens is 492 g/mol. The molecule has 3 N–H and O–H groups in total. The Balaban J connectivity index is 1.70. The van der Waals surface area contributed by atoms with Crippen LogP contribution in [0.1, 0.15) is 65.2 Å². The number of halogens is 1. The number of carbonyl (C=O) groups excluding carboxylic acids is 3. The summed E-state index contributed by atoms with van der Waals surface area (Å²) in [5.41, 5.74) is -2.24. The number of carbonyl (C=O) groups is 3. The number of ketones is 2. The molecule has 0 aromatic carbocycles. The van der Waals surface area contributed by atoms with Crippen LogP contribution < -0.4 is 0 Å². The van der Waals surface area contributed by atoms with E-state index in [0.717, 1.165) is 12.0 Å². The average Bonchev–Trinajstić information content (AvgIpc) is 3.03. The molecule has 0 saturated heterocycles. The SMILES string of the molecule is C[C@]12C[C@H](O)[C@H]3[C@@H](CCC4=CC(=O)CC(OC(=O)CCCBr)[C@@]43C)[C@@H]1CC[C@]2(O)C(=O)CO. The first kappa shape index (κ1) is 25.0. The zero-order valence-electron chi connectivity index (χ0n) is 19.4. The van der Waals surface area contributed by atoms with Crippen LogP contribution in [0.15, 0.2) is 11.6 Å². The predicted molar refractivity (Wildman–Crippen MR) is 123 cm³/mol. The van der Waals surface area contributed by atoms with Crippen molar-refractivity contribution in [3.05, 3.63) is 11.6 Å². The lowest BCUT2D eigenvalue weighted by Crippen LogP contribution is -2.64. The van der Waals surface area contributed by atoms with Gasteiger partial charge < -0.3 is 20.1 Å². The number of ether oxygens (including phenoxy) is 1. The molecule has 0 aromatic rings. The minimum absolute atomic E-state index is 0.00727. The van der Waals surface area contributed by atoms with Gasteiger partial charge in [0.1, 0.15) is 18.3 Å². The van der Waals surface area contributed by atoms with Gasteiger partial charge in [-0.1, -0.05) is 35.4 Å². The molecule has 3 fully saturated rings. The van der Waals surface area contributed by atoms with Gasteiger partial charge in [0, 0.05) is 34.9 Å². The highest BCUT2D eigenvalue weighted by Crippen LogP contribution is 2.67. The standard InChI is InChI=1S/C25H35BrO7/c1-23-12-18(29)22-16(17(23)7-8-25(23,32)19(30)13-27)6-5-14-10-15(28)11-20(24(14,22)2)33-21(31)4-3-9-26/h10,16-18,20,22,27,29,32H,3-9,11-13H2,1-2H3/t16-,17-,18-,20?,22+,23-,24+,25-/m0/s1. The van der Waals surface area contributed by atoms with E-state index in [1.807, 2.05) is 13.8 Å². The minimum atomic E-state index is -1.65. The molecule has 0 amide bonds. The molecule has 8 atom stereocenters. The van der Waals surface area contributed by atoms with Gasteiger partial charge in [-0.3, -0.25) is 14.4 Å². The maximum Gasteiger partial charge on any atom is 0.306 e. The molecule has 8 heteroatoms. The molecule has 0 aromatic heterocycles. The molecular formula is C25H35BrO7. The van der Waals surface area contributed by atoms with Gasteiger partial charge in [0.25, 0.3) is 0 Å². The maximum absolute atomic E-state index is 12.6. The van der Waals surface area contributed by atoms with Crippen molar-refractivity contribution >= 4 is 33.5 Å². The molecule has 4 aliphatic rings. The molecule has 0 bridgehead atoms. The number of alkyl halides is 1. The molecule has 3 saturated carbocycles. The highest BCUT2D eigenvalue weighted by molar-refractivity contribution is 9.09. The Morgan fingerprint density at radius 1 is 1.27 bits per heavy atom. The van der Waals surface area contributed by atoms with Gasteiger partial charge in [0.05, 0.1) is 6.10 Å². The highest BCUT2D eigenvalue weighted by Gasteiger charge is 2.69. The molecule has 1 unspecified atom stereocenters. The zero-order valence-corrected chi connectivity index (χ0v) is 21.0. The van der Waals surface area contributed by atoms with Crippen molar-refractivity contribution in [2.45, 2.75) is 83.0 Å². The highest BCUT2D eigenvalue weighted by atomic mass is 79.9. The van der Waals surface area contributed by atoms with E-state index < -0.39 is 41.0 Å². The molecule has 0 aliphatic heterocycles. The Morgan fingerprint density at radius 3 is 2.67 bits per heavy atom. The van der Waals surface area contributed by atoms with Crippen molar-refractivity contribution < 1.29 is 34.4 Å². The summed E-state index contributed by atoms with van der Waals surface area (Å²) in [6, 6.07) is 0. The second-order valence-electron chi connectivity index (χ2n) is 10.9. The smallest absolute Gasteiger partial charge is 0.306 e.